The van der Waals surface area contributed by atoms with Crippen molar-refractivity contribution in [2.45, 2.75) is 38.5 Å². The highest BCUT2D eigenvalue weighted by Gasteiger charge is 2.28. The molecule has 0 unspecified atom stereocenters. The number of fused-ring (bicyclic) bond motifs is 1. The van der Waals surface area contributed by atoms with Crippen LogP contribution in [-0.4, -0.2) is 29.1 Å². The fraction of sp³-hybridized carbons (Fsp3) is 0.533. The van der Waals surface area contributed by atoms with Crippen LogP contribution in [-0.2, 0) is 0 Å². The van der Waals surface area contributed by atoms with Crippen LogP contribution in [0, 0.1) is 6.92 Å². The van der Waals surface area contributed by atoms with Crippen molar-refractivity contribution in [3.05, 3.63) is 23.0 Å². The van der Waals surface area contributed by atoms with Crippen LogP contribution in [0.2, 0.25) is 0 Å². The Morgan fingerprint density at radius 3 is 3.00 bits per heavy atom. The Balaban J connectivity index is 1.88. The summed E-state index contributed by atoms with van der Waals surface area (Å²) in [5.41, 5.74) is 8.17. The van der Waals surface area contributed by atoms with E-state index in [2.05, 4.69) is 15.5 Å². The SMILES string of the molecule is Cc1noc2nc(C3CC3)cc(C(=O)NCCCCN)c12. The second kappa shape index (κ2) is 5.81. The number of nitrogens with two attached hydrogens (primary N) is 1. The Morgan fingerprint density at radius 2 is 2.29 bits per heavy atom. The number of hydrogen-bond donors (Lipinski definition) is 2. The fourth-order valence-electron chi connectivity index (χ4n) is 2.45. The molecule has 1 aliphatic rings. The number of amides is 1. The first-order valence-electron chi connectivity index (χ1n) is 7.46. The van der Waals surface area contributed by atoms with E-state index in [9.17, 15) is 4.79 Å². The number of aryl methyl sites for hydroxylation is 1. The molecule has 112 valence electrons. The van der Waals surface area contributed by atoms with E-state index in [4.69, 9.17) is 10.3 Å². The van der Waals surface area contributed by atoms with Crippen LogP contribution in [0.3, 0.4) is 0 Å². The first-order valence-corrected chi connectivity index (χ1v) is 7.46. The zero-order valence-electron chi connectivity index (χ0n) is 12.2. The van der Waals surface area contributed by atoms with Gasteiger partial charge in [-0.05, 0) is 45.2 Å². The molecule has 3 rings (SSSR count). The van der Waals surface area contributed by atoms with E-state index in [0.29, 0.717) is 36.0 Å². The maximum absolute atomic E-state index is 12.4. The van der Waals surface area contributed by atoms with E-state index in [0.717, 1.165) is 36.8 Å². The van der Waals surface area contributed by atoms with Crippen molar-refractivity contribution in [3.63, 3.8) is 0 Å². The van der Waals surface area contributed by atoms with E-state index in [1.807, 2.05) is 13.0 Å². The molecule has 6 nitrogen and oxygen atoms in total. The van der Waals surface area contributed by atoms with Gasteiger partial charge in [0.1, 0.15) is 0 Å². The number of rotatable bonds is 6. The summed E-state index contributed by atoms with van der Waals surface area (Å²) >= 11 is 0. The number of carbonyl (C=O) groups excluding carboxylic acids is 1. The average molecular weight is 288 g/mol. The van der Waals surface area contributed by atoms with Crippen molar-refractivity contribution in [2.75, 3.05) is 13.1 Å². The zero-order chi connectivity index (χ0) is 14.8. The Hall–Kier alpha value is -1.95. The molecule has 0 bridgehead atoms. The first-order chi connectivity index (χ1) is 10.2. The second-order valence-electron chi connectivity index (χ2n) is 5.57. The third kappa shape index (κ3) is 2.90. The molecule has 0 aromatic carbocycles. The summed E-state index contributed by atoms with van der Waals surface area (Å²) in [5.74, 6) is 0.371. The molecular weight excluding hydrogens is 268 g/mol. The van der Waals surface area contributed by atoms with Gasteiger partial charge >= 0.3 is 0 Å². The summed E-state index contributed by atoms with van der Waals surface area (Å²) in [6, 6.07) is 1.89. The maximum Gasteiger partial charge on any atom is 0.259 e. The summed E-state index contributed by atoms with van der Waals surface area (Å²) in [6.45, 7) is 3.10. The van der Waals surface area contributed by atoms with E-state index in [1.165, 1.54) is 0 Å². The van der Waals surface area contributed by atoms with Crippen molar-refractivity contribution >= 4 is 17.0 Å². The highest BCUT2D eigenvalue weighted by molar-refractivity contribution is 6.06. The molecule has 1 fully saturated rings. The quantitative estimate of drug-likeness (QED) is 0.791. The van der Waals surface area contributed by atoms with Crippen molar-refractivity contribution in [3.8, 4) is 0 Å². The number of aromatic nitrogens is 2. The molecular formula is C15H20N4O2. The lowest BCUT2D eigenvalue weighted by atomic mass is 10.1. The normalized spacial score (nSPS) is 14.6. The van der Waals surface area contributed by atoms with Gasteiger partial charge in [0.15, 0.2) is 0 Å². The lowest BCUT2D eigenvalue weighted by Crippen LogP contribution is -2.25. The predicted molar refractivity (Wildman–Crippen MR) is 79.1 cm³/mol. The minimum absolute atomic E-state index is 0.0902. The Bertz CT molecular complexity index is 661. The topological polar surface area (TPSA) is 94.0 Å². The molecule has 2 aromatic rings. The Kier molecular flexibility index (Phi) is 3.88. The number of pyridine rings is 1. The highest BCUT2D eigenvalue weighted by Crippen LogP contribution is 2.40. The third-order valence-electron chi connectivity index (χ3n) is 3.79. The predicted octanol–water partition coefficient (Wildman–Crippen LogP) is 1.88. The van der Waals surface area contributed by atoms with Gasteiger partial charge in [-0.15, -0.1) is 0 Å². The molecule has 2 aromatic heterocycles. The number of nitrogens with zero attached hydrogens (tertiary/aromatic N) is 2. The monoisotopic (exact) mass is 288 g/mol. The molecule has 3 N–H and O–H groups in total. The van der Waals surface area contributed by atoms with Gasteiger partial charge in [-0.1, -0.05) is 5.16 Å². The van der Waals surface area contributed by atoms with Crippen LogP contribution in [0.4, 0.5) is 0 Å². The van der Waals surface area contributed by atoms with Crippen LogP contribution in [0.1, 0.15) is 53.3 Å². The fourth-order valence-corrected chi connectivity index (χ4v) is 2.45. The number of unbranched alkanes of at least 4 members (excludes halogenated alkanes) is 1. The number of nitrogens with one attached hydrogen (secondary N) is 1. The molecule has 0 atom stereocenters. The summed E-state index contributed by atoms with van der Waals surface area (Å²) < 4.78 is 5.24. The van der Waals surface area contributed by atoms with Crippen LogP contribution in [0.5, 0.6) is 0 Å². The van der Waals surface area contributed by atoms with Crippen LogP contribution < -0.4 is 11.1 Å². The van der Waals surface area contributed by atoms with Crippen molar-refractivity contribution < 1.29 is 9.32 Å². The molecule has 2 heterocycles. The molecule has 6 heteroatoms. The van der Waals surface area contributed by atoms with Crippen molar-refractivity contribution in [2.24, 2.45) is 5.73 Å². The summed E-state index contributed by atoms with van der Waals surface area (Å²) in [4.78, 5) is 16.9. The van der Waals surface area contributed by atoms with Crippen molar-refractivity contribution in [1.29, 1.82) is 0 Å². The maximum atomic E-state index is 12.4. The summed E-state index contributed by atoms with van der Waals surface area (Å²) in [5, 5.41) is 7.59. The van der Waals surface area contributed by atoms with Gasteiger partial charge in [-0.3, -0.25) is 4.79 Å². The molecule has 0 saturated heterocycles. The van der Waals surface area contributed by atoms with Crippen LogP contribution in [0.25, 0.3) is 11.1 Å². The third-order valence-corrected chi connectivity index (χ3v) is 3.79. The van der Waals surface area contributed by atoms with Gasteiger partial charge in [0.25, 0.3) is 11.6 Å². The summed E-state index contributed by atoms with van der Waals surface area (Å²) in [6.07, 6.45) is 4.05. The first kappa shape index (κ1) is 14.0. The lowest BCUT2D eigenvalue weighted by molar-refractivity contribution is 0.0954. The molecule has 1 aliphatic carbocycles. The van der Waals surface area contributed by atoms with Crippen molar-refractivity contribution in [1.82, 2.24) is 15.5 Å². The minimum Gasteiger partial charge on any atom is -0.352 e. The largest absolute Gasteiger partial charge is 0.352 e. The Labute approximate surface area is 123 Å². The van der Waals surface area contributed by atoms with Gasteiger partial charge in [-0.2, -0.15) is 0 Å². The molecule has 21 heavy (non-hydrogen) atoms. The molecule has 0 spiro atoms. The van der Waals surface area contributed by atoms with Gasteiger partial charge < -0.3 is 15.6 Å². The zero-order valence-corrected chi connectivity index (χ0v) is 12.2. The molecule has 0 radical (unpaired) electrons. The minimum atomic E-state index is -0.0902. The lowest BCUT2D eigenvalue weighted by Gasteiger charge is -2.07. The smallest absolute Gasteiger partial charge is 0.259 e. The summed E-state index contributed by atoms with van der Waals surface area (Å²) in [7, 11) is 0. The van der Waals surface area contributed by atoms with E-state index < -0.39 is 0 Å². The number of carbonyl (C=O) groups is 1. The van der Waals surface area contributed by atoms with Crippen LogP contribution in [0.15, 0.2) is 10.6 Å². The van der Waals surface area contributed by atoms with E-state index in [-0.39, 0.29) is 5.91 Å². The number of hydrogen-bond acceptors (Lipinski definition) is 5. The molecule has 1 amide bonds. The average Bonchev–Trinajstić information content (AvgIpc) is 3.27. The van der Waals surface area contributed by atoms with Gasteiger partial charge in [-0.25, -0.2) is 4.98 Å². The van der Waals surface area contributed by atoms with Crippen LogP contribution >= 0.6 is 0 Å². The van der Waals surface area contributed by atoms with E-state index >= 15 is 0 Å². The molecule has 1 saturated carbocycles. The molecule has 0 aliphatic heterocycles. The second-order valence-corrected chi connectivity index (χ2v) is 5.57. The standard InChI is InChI=1S/C15H20N4O2/c1-9-13-11(14(20)17-7-3-2-6-16)8-12(10-4-5-10)18-15(13)21-19-9/h8,10H,2-7,16H2,1H3,(H,17,20). The van der Waals surface area contributed by atoms with Gasteiger partial charge in [0, 0.05) is 18.2 Å². The van der Waals surface area contributed by atoms with Gasteiger partial charge in [0.05, 0.1) is 16.6 Å². The van der Waals surface area contributed by atoms with E-state index in [1.54, 1.807) is 0 Å². The Morgan fingerprint density at radius 1 is 1.48 bits per heavy atom. The van der Waals surface area contributed by atoms with Gasteiger partial charge in [0.2, 0.25) is 0 Å². The highest BCUT2D eigenvalue weighted by atomic mass is 16.5.